The van der Waals surface area contributed by atoms with E-state index in [2.05, 4.69) is 5.32 Å². The van der Waals surface area contributed by atoms with Crippen molar-refractivity contribution in [2.24, 2.45) is 5.73 Å². The van der Waals surface area contributed by atoms with Crippen LogP contribution in [0.2, 0.25) is 0 Å². The molecule has 1 aromatic rings. The summed E-state index contributed by atoms with van der Waals surface area (Å²) in [5.41, 5.74) is 6.96. The van der Waals surface area contributed by atoms with Crippen molar-refractivity contribution in [3.05, 3.63) is 29.8 Å². The highest BCUT2D eigenvalue weighted by Gasteiger charge is 2.27. The quantitative estimate of drug-likeness (QED) is 0.836. The number of nitrogens with one attached hydrogen (secondary N) is 1. The lowest BCUT2D eigenvalue weighted by molar-refractivity contribution is -0.128. The van der Waals surface area contributed by atoms with E-state index in [1.807, 2.05) is 36.1 Å². The van der Waals surface area contributed by atoms with Gasteiger partial charge in [-0.05, 0) is 37.5 Å². The second-order valence-corrected chi connectivity index (χ2v) is 6.24. The third kappa shape index (κ3) is 5.22. The molecule has 1 fully saturated rings. The second-order valence-electron chi connectivity index (χ2n) is 6.24. The van der Waals surface area contributed by atoms with Gasteiger partial charge in [-0.3, -0.25) is 9.59 Å². The summed E-state index contributed by atoms with van der Waals surface area (Å²) in [6, 6.07) is 7.59. The van der Waals surface area contributed by atoms with Crippen molar-refractivity contribution in [2.75, 3.05) is 11.9 Å². The van der Waals surface area contributed by atoms with E-state index in [1.54, 1.807) is 6.92 Å². The van der Waals surface area contributed by atoms with Crippen LogP contribution in [0, 0.1) is 0 Å². The standard InChI is InChI=1S/C17H25N3O2.ClH/c1-3-10-17(2,18)16(22)19-14-8-6-13(7-9-14)12-20-11-4-5-15(20)21;/h6-9H,3-5,10-12,18H2,1-2H3,(H,19,22);1H. The number of carbonyl (C=O) groups excluding carboxylic acids is 2. The van der Waals surface area contributed by atoms with Crippen molar-refractivity contribution in [3.8, 4) is 0 Å². The zero-order chi connectivity index (χ0) is 16.2. The number of carbonyl (C=O) groups is 2. The third-order valence-electron chi connectivity index (χ3n) is 4.04. The molecule has 0 aliphatic carbocycles. The highest BCUT2D eigenvalue weighted by molar-refractivity contribution is 5.97. The van der Waals surface area contributed by atoms with Gasteiger partial charge in [0.05, 0.1) is 5.54 Å². The Morgan fingerprint density at radius 3 is 2.52 bits per heavy atom. The summed E-state index contributed by atoms with van der Waals surface area (Å²) in [4.78, 5) is 25.6. The van der Waals surface area contributed by atoms with Crippen molar-refractivity contribution in [1.82, 2.24) is 4.90 Å². The molecule has 3 N–H and O–H groups in total. The van der Waals surface area contributed by atoms with Gasteiger partial charge in [-0.1, -0.05) is 25.5 Å². The summed E-state index contributed by atoms with van der Waals surface area (Å²) in [6.07, 6.45) is 3.11. The van der Waals surface area contributed by atoms with E-state index in [-0.39, 0.29) is 24.2 Å². The zero-order valence-electron chi connectivity index (χ0n) is 13.8. The number of halogens is 1. The van der Waals surface area contributed by atoms with Gasteiger partial charge in [0.2, 0.25) is 11.8 Å². The van der Waals surface area contributed by atoms with Gasteiger partial charge in [0, 0.05) is 25.2 Å². The average Bonchev–Trinajstić information content (AvgIpc) is 2.86. The van der Waals surface area contributed by atoms with Gasteiger partial charge in [0.15, 0.2) is 0 Å². The number of anilines is 1. The van der Waals surface area contributed by atoms with Crippen LogP contribution in [0.4, 0.5) is 5.69 Å². The number of hydrogen-bond donors (Lipinski definition) is 2. The molecule has 0 bridgehead atoms. The lowest BCUT2D eigenvalue weighted by atomic mass is 9.96. The first kappa shape index (κ1) is 19.5. The molecule has 1 aliphatic heterocycles. The van der Waals surface area contributed by atoms with Gasteiger partial charge in [-0.25, -0.2) is 0 Å². The van der Waals surface area contributed by atoms with Crippen LogP contribution in [0.5, 0.6) is 0 Å². The van der Waals surface area contributed by atoms with Gasteiger partial charge in [0.1, 0.15) is 0 Å². The third-order valence-corrected chi connectivity index (χ3v) is 4.04. The van der Waals surface area contributed by atoms with Crippen molar-refractivity contribution < 1.29 is 9.59 Å². The molecular formula is C17H26ClN3O2. The number of amides is 2. The summed E-state index contributed by atoms with van der Waals surface area (Å²) in [5.74, 6) is 0.0488. The van der Waals surface area contributed by atoms with Crippen molar-refractivity contribution in [2.45, 2.75) is 51.6 Å². The number of nitrogens with zero attached hydrogens (tertiary/aromatic N) is 1. The molecule has 0 aromatic heterocycles. The fourth-order valence-electron chi connectivity index (χ4n) is 2.69. The molecule has 1 aromatic carbocycles. The van der Waals surface area contributed by atoms with E-state index >= 15 is 0 Å². The van der Waals surface area contributed by atoms with Crippen LogP contribution in [0.25, 0.3) is 0 Å². The normalized spacial score (nSPS) is 16.7. The molecule has 128 valence electrons. The molecule has 1 atom stereocenters. The van der Waals surface area contributed by atoms with Crippen molar-refractivity contribution >= 4 is 29.9 Å². The average molecular weight is 340 g/mol. The molecule has 1 unspecified atom stereocenters. The topological polar surface area (TPSA) is 75.4 Å². The summed E-state index contributed by atoms with van der Waals surface area (Å²) < 4.78 is 0. The molecule has 6 heteroatoms. The molecule has 1 heterocycles. The van der Waals surface area contributed by atoms with Gasteiger partial charge in [0.25, 0.3) is 0 Å². The highest BCUT2D eigenvalue weighted by Crippen LogP contribution is 2.17. The van der Waals surface area contributed by atoms with Crippen LogP contribution in [-0.2, 0) is 16.1 Å². The minimum Gasteiger partial charge on any atom is -0.338 e. The number of hydrogen-bond acceptors (Lipinski definition) is 3. The Balaban J connectivity index is 0.00000264. The molecule has 5 nitrogen and oxygen atoms in total. The van der Waals surface area contributed by atoms with Crippen LogP contribution in [0.1, 0.15) is 45.1 Å². The molecule has 23 heavy (non-hydrogen) atoms. The summed E-state index contributed by atoms with van der Waals surface area (Å²) >= 11 is 0. The van der Waals surface area contributed by atoms with E-state index in [0.29, 0.717) is 19.4 Å². The summed E-state index contributed by atoms with van der Waals surface area (Å²) in [6.45, 7) is 5.23. The SMILES string of the molecule is CCCC(C)(N)C(=O)Nc1ccc(CN2CCCC2=O)cc1.Cl. The maximum absolute atomic E-state index is 12.1. The lowest BCUT2D eigenvalue weighted by Gasteiger charge is -2.23. The number of nitrogens with two attached hydrogens (primary N) is 1. The highest BCUT2D eigenvalue weighted by atomic mass is 35.5. The van der Waals surface area contributed by atoms with Crippen LogP contribution in [0.15, 0.2) is 24.3 Å². The largest absolute Gasteiger partial charge is 0.338 e. The molecular weight excluding hydrogens is 314 g/mol. The van der Waals surface area contributed by atoms with E-state index in [1.165, 1.54) is 0 Å². The molecule has 0 spiro atoms. The number of rotatable bonds is 6. The van der Waals surface area contributed by atoms with Gasteiger partial charge in [-0.15, -0.1) is 12.4 Å². The number of likely N-dealkylation sites (tertiary alicyclic amines) is 1. The van der Waals surface area contributed by atoms with Gasteiger partial charge >= 0.3 is 0 Å². The first-order valence-electron chi connectivity index (χ1n) is 7.89. The van der Waals surface area contributed by atoms with E-state index in [4.69, 9.17) is 5.73 Å². The lowest BCUT2D eigenvalue weighted by Crippen LogP contribution is -2.48. The fourth-order valence-corrected chi connectivity index (χ4v) is 2.69. The van der Waals surface area contributed by atoms with Crippen LogP contribution in [0.3, 0.4) is 0 Å². The predicted octanol–water partition coefficient (Wildman–Crippen LogP) is 2.69. The Kier molecular flexibility index (Phi) is 7.03. The zero-order valence-corrected chi connectivity index (χ0v) is 14.6. The second kappa shape index (κ2) is 8.31. The van der Waals surface area contributed by atoms with Crippen LogP contribution in [-0.4, -0.2) is 28.8 Å². The minimum absolute atomic E-state index is 0. The minimum atomic E-state index is -0.852. The van der Waals surface area contributed by atoms with Crippen LogP contribution < -0.4 is 11.1 Å². The Labute approximate surface area is 144 Å². The molecule has 2 amide bonds. The van der Waals surface area contributed by atoms with E-state index < -0.39 is 5.54 Å². The monoisotopic (exact) mass is 339 g/mol. The summed E-state index contributed by atoms with van der Waals surface area (Å²) in [7, 11) is 0. The van der Waals surface area contributed by atoms with Gasteiger partial charge in [-0.2, -0.15) is 0 Å². The predicted molar refractivity (Wildman–Crippen MR) is 94.5 cm³/mol. The maximum Gasteiger partial charge on any atom is 0.244 e. The Morgan fingerprint density at radius 2 is 2.00 bits per heavy atom. The maximum atomic E-state index is 12.1. The first-order valence-corrected chi connectivity index (χ1v) is 7.89. The summed E-state index contributed by atoms with van der Waals surface area (Å²) in [5, 5.41) is 2.85. The Morgan fingerprint density at radius 1 is 1.35 bits per heavy atom. The van der Waals surface area contributed by atoms with Crippen LogP contribution >= 0.6 is 12.4 Å². The molecule has 0 radical (unpaired) electrons. The Bertz CT molecular complexity index is 543. The molecule has 1 aliphatic rings. The first-order chi connectivity index (χ1) is 10.4. The number of benzene rings is 1. The molecule has 0 saturated carbocycles. The van der Waals surface area contributed by atoms with E-state index in [0.717, 1.165) is 30.6 Å². The van der Waals surface area contributed by atoms with Crippen molar-refractivity contribution in [1.29, 1.82) is 0 Å². The van der Waals surface area contributed by atoms with E-state index in [9.17, 15) is 9.59 Å². The smallest absolute Gasteiger partial charge is 0.244 e. The molecule has 2 rings (SSSR count). The van der Waals surface area contributed by atoms with Gasteiger partial charge < -0.3 is 16.0 Å². The van der Waals surface area contributed by atoms with Crippen molar-refractivity contribution in [3.63, 3.8) is 0 Å². The Hall–Kier alpha value is -1.59. The molecule has 1 saturated heterocycles. The fraction of sp³-hybridized carbons (Fsp3) is 0.529.